The molecule has 158 valence electrons. The first kappa shape index (κ1) is 26.1. The standard InChI is InChI=1S/C19H37N5O2.HI/c1-7-15(8-2)18-12-17(26-23-18)14-22-19(20-4)21-13-16(25-9-3)10-11-24(5)6;/h12,15-16H,7-11,13-14H2,1-6H3,(H2,20,21,22);1H. The van der Waals surface area contributed by atoms with Crippen LogP contribution >= 0.6 is 24.0 Å². The van der Waals surface area contributed by atoms with Crippen LogP contribution in [0.25, 0.3) is 0 Å². The third-order valence-electron chi connectivity index (χ3n) is 4.43. The molecule has 27 heavy (non-hydrogen) atoms. The Morgan fingerprint density at radius 1 is 1.26 bits per heavy atom. The van der Waals surface area contributed by atoms with E-state index in [0.29, 0.717) is 19.1 Å². The number of hydrogen-bond acceptors (Lipinski definition) is 5. The van der Waals surface area contributed by atoms with Crippen LogP contribution in [0.1, 0.15) is 57.4 Å². The molecule has 0 radical (unpaired) electrons. The van der Waals surface area contributed by atoms with E-state index in [4.69, 9.17) is 9.26 Å². The van der Waals surface area contributed by atoms with Gasteiger partial charge in [0, 0.05) is 38.7 Å². The Hall–Kier alpha value is -0.870. The molecular weight excluding hydrogens is 457 g/mol. The highest BCUT2D eigenvalue weighted by molar-refractivity contribution is 14.0. The highest BCUT2D eigenvalue weighted by Crippen LogP contribution is 2.22. The van der Waals surface area contributed by atoms with Gasteiger partial charge in [-0.25, -0.2) is 0 Å². The number of nitrogens with one attached hydrogen (secondary N) is 2. The summed E-state index contributed by atoms with van der Waals surface area (Å²) >= 11 is 0. The zero-order valence-corrected chi connectivity index (χ0v) is 20.1. The van der Waals surface area contributed by atoms with Crippen molar-refractivity contribution in [1.82, 2.24) is 20.7 Å². The SMILES string of the molecule is CCOC(CCN(C)C)CNC(=NC)NCc1cc(C(CC)CC)no1.I. The van der Waals surface area contributed by atoms with Gasteiger partial charge in [0.1, 0.15) is 0 Å². The Balaban J connectivity index is 0.00000676. The molecule has 0 saturated carbocycles. The van der Waals surface area contributed by atoms with Crippen LogP contribution in [0, 0.1) is 0 Å². The van der Waals surface area contributed by atoms with E-state index >= 15 is 0 Å². The molecule has 0 aliphatic carbocycles. The van der Waals surface area contributed by atoms with Gasteiger partial charge >= 0.3 is 0 Å². The average molecular weight is 495 g/mol. The summed E-state index contributed by atoms with van der Waals surface area (Å²) in [5.41, 5.74) is 1.04. The number of hydrogen-bond donors (Lipinski definition) is 2. The van der Waals surface area contributed by atoms with Crippen molar-refractivity contribution in [2.45, 2.75) is 58.6 Å². The van der Waals surface area contributed by atoms with E-state index in [1.54, 1.807) is 7.05 Å². The number of aromatic nitrogens is 1. The van der Waals surface area contributed by atoms with Gasteiger partial charge in [0.05, 0.1) is 18.3 Å². The van der Waals surface area contributed by atoms with Crippen LogP contribution in [0.5, 0.6) is 0 Å². The summed E-state index contributed by atoms with van der Waals surface area (Å²) in [6.45, 7) is 9.37. The minimum Gasteiger partial charge on any atom is -0.377 e. The van der Waals surface area contributed by atoms with E-state index in [1.807, 2.05) is 13.0 Å². The van der Waals surface area contributed by atoms with E-state index in [-0.39, 0.29) is 30.1 Å². The molecule has 0 bridgehead atoms. The smallest absolute Gasteiger partial charge is 0.191 e. The van der Waals surface area contributed by atoms with Crippen LogP contribution in [0.15, 0.2) is 15.6 Å². The predicted molar refractivity (Wildman–Crippen MR) is 122 cm³/mol. The molecule has 1 aromatic heterocycles. The molecule has 0 aliphatic rings. The second-order valence-corrected chi connectivity index (χ2v) is 6.71. The molecule has 0 amide bonds. The van der Waals surface area contributed by atoms with E-state index in [9.17, 15) is 0 Å². The van der Waals surface area contributed by atoms with Gasteiger partial charge in [-0.15, -0.1) is 24.0 Å². The molecule has 1 unspecified atom stereocenters. The minimum absolute atomic E-state index is 0. The molecule has 1 atom stereocenters. The lowest BCUT2D eigenvalue weighted by molar-refractivity contribution is 0.0548. The third-order valence-corrected chi connectivity index (χ3v) is 4.43. The van der Waals surface area contributed by atoms with Crippen molar-refractivity contribution in [3.8, 4) is 0 Å². The van der Waals surface area contributed by atoms with Crippen molar-refractivity contribution in [2.24, 2.45) is 4.99 Å². The lowest BCUT2D eigenvalue weighted by Crippen LogP contribution is -2.42. The quantitative estimate of drug-likeness (QED) is 0.264. The van der Waals surface area contributed by atoms with Gasteiger partial charge in [0.25, 0.3) is 0 Å². The first-order valence-electron chi connectivity index (χ1n) is 9.70. The summed E-state index contributed by atoms with van der Waals surface area (Å²) in [4.78, 5) is 6.44. The number of aliphatic imine (C=N–C) groups is 1. The molecule has 1 aromatic rings. The lowest BCUT2D eigenvalue weighted by Gasteiger charge is -2.21. The highest BCUT2D eigenvalue weighted by atomic mass is 127. The second kappa shape index (κ2) is 15.1. The zero-order chi connectivity index (χ0) is 19.4. The molecule has 0 fully saturated rings. The van der Waals surface area contributed by atoms with Crippen LogP contribution < -0.4 is 10.6 Å². The van der Waals surface area contributed by atoms with Crippen molar-refractivity contribution >= 4 is 29.9 Å². The van der Waals surface area contributed by atoms with Gasteiger partial charge in [-0.3, -0.25) is 4.99 Å². The summed E-state index contributed by atoms with van der Waals surface area (Å²) in [5.74, 6) is 2.03. The van der Waals surface area contributed by atoms with Gasteiger partial charge in [-0.2, -0.15) is 0 Å². The summed E-state index contributed by atoms with van der Waals surface area (Å²) in [5, 5.41) is 10.8. The molecule has 8 heteroatoms. The maximum absolute atomic E-state index is 5.80. The average Bonchev–Trinajstić information content (AvgIpc) is 3.09. The summed E-state index contributed by atoms with van der Waals surface area (Å²) < 4.78 is 11.3. The highest BCUT2D eigenvalue weighted by Gasteiger charge is 2.14. The van der Waals surface area contributed by atoms with Crippen LogP contribution in [-0.2, 0) is 11.3 Å². The van der Waals surface area contributed by atoms with Gasteiger partial charge < -0.3 is 24.8 Å². The summed E-state index contributed by atoms with van der Waals surface area (Å²) in [6, 6.07) is 2.04. The summed E-state index contributed by atoms with van der Waals surface area (Å²) in [7, 11) is 5.91. The molecule has 1 rings (SSSR count). The second-order valence-electron chi connectivity index (χ2n) is 6.71. The lowest BCUT2D eigenvalue weighted by atomic mass is 9.99. The first-order valence-corrected chi connectivity index (χ1v) is 9.70. The Bertz CT molecular complexity index is 518. The molecular formula is C19H38IN5O2. The van der Waals surface area contributed by atoms with E-state index in [0.717, 1.165) is 49.8 Å². The van der Waals surface area contributed by atoms with Crippen molar-refractivity contribution in [1.29, 1.82) is 0 Å². The molecule has 1 heterocycles. The predicted octanol–water partition coefficient (Wildman–Crippen LogP) is 3.22. The molecule has 0 saturated heterocycles. The summed E-state index contributed by atoms with van der Waals surface area (Å²) in [6.07, 6.45) is 3.29. The molecule has 0 aromatic carbocycles. The number of halogens is 1. The fourth-order valence-electron chi connectivity index (χ4n) is 2.80. The van der Waals surface area contributed by atoms with Crippen molar-refractivity contribution in [3.63, 3.8) is 0 Å². The van der Waals surface area contributed by atoms with Crippen LogP contribution in [0.2, 0.25) is 0 Å². The Morgan fingerprint density at radius 2 is 1.96 bits per heavy atom. The molecule has 0 aliphatic heterocycles. The first-order chi connectivity index (χ1) is 12.5. The Labute approximate surface area is 181 Å². The molecule has 0 spiro atoms. The maximum Gasteiger partial charge on any atom is 0.191 e. The largest absolute Gasteiger partial charge is 0.377 e. The number of rotatable bonds is 12. The minimum atomic E-state index is 0. The van der Waals surface area contributed by atoms with Crippen molar-refractivity contribution in [3.05, 3.63) is 17.5 Å². The number of ether oxygens (including phenoxy) is 1. The fourth-order valence-corrected chi connectivity index (χ4v) is 2.80. The zero-order valence-electron chi connectivity index (χ0n) is 17.7. The van der Waals surface area contributed by atoms with E-state index in [2.05, 4.69) is 53.6 Å². The van der Waals surface area contributed by atoms with Crippen LogP contribution in [-0.4, -0.2) is 63.0 Å². The van der Waals surface area contributed by atoms with Gasteiger partial charge in [-0.1, -0.05) is 19.0 Å². The van der Waals surface area contributed by atoms with Crippen LogP contribution in [0.4, 0.5) is 0 Å². The van der Waals surface area contributed by atoms with Gasteiger partial charge in [0.2, 0.25) is 0 Å². The Morgan fingerprint density at radius 3 is 2.52 bits per heavy atom. The van der Waals surface area contributed by atoms with Crippen LogP contribution in [0.3, 0.4) is 0 Å². The van der Waals surface area contributed by atoms with Crippen molar-refractivity contribution in [2.75, 3.05) is 40.8 Å². The van der Waals surface area contributed by atoms with E-state index < -0.39 is 0 Å². The third kappa shape index (κ3) is 10.3. The molecule has 2 N–H and O–H groups in total. The topological polar surface area (TPSA) is 74.9 Å². The monoisotopic (exact) mass is 495 g/mol. The Kier molecular flexibility index (Phi) is 14.6. The van der Waals surface area contributed by atoms with Gasteiger partial charge in [-0.05, 0) is 40.3 Å². The maximum atomic E-state index is 5.80. The van der Waals surface area contributed by atoms with Gasteiger partial charge in [0.15, 0.2) is 11.7 Å². The molecule has 7 nitrogen and oxygen atoms in total. The normalized spacial score (nSPS) is 13.0. The number of guanidine groups is 1. The van der Waals surface area contributed by atoms with Crippen molar-refractivity contribution < 1.29 is 9.26 Å². The number of nitrogens with zero attached hydrogens (tertiary/aromatic N) is 3. The van der Waals surface area contributed by atoms with E-state index in [1.165, 1.54) is 0 Å². The fraction of sp³-hybridized carbons (Fsp3) is 0.789.